The summed E-state index contributed by atoms with van der Waals surface area (Å²) in [6, 6.07) is 0. The van der Waals surface area contributed by atoms with Crippen molar-refractivity contribution in [2.75, 3.05) is 20.3 Å². The quantitative estimate of drug-likeness (QED) is 0.608. The molecule has 0 bridgehead atoms. The van der Waals surface area contributed by atoms with Crippen molar-refractivity contribution in [3.8, 4) is 0 Å². The number of ether oxygens (including phenoxy) is 1. The molecular formula is C7H14N4O. The molecule has 0 unspecified atom stereocenters. The Morgan fingerprint density at radius 2 is 2.50 bits per heavy atom. The van der Waals surface area contributed by atoms with E-state index in [1.165, 1.54) is 0 Å². The number of aromatic nitrogens is 3. The number of hydrogen-bond acceptors (Lipinski definition) is 4. The van der Waals surface area contributed by atoms with Crippen molar-refractivity contribution >= 4 is 0 Å². The SMILES string of the molecule is COCCNCc1ncnn1C. The zero-order valence-electron chi connectivity index (χ0n) is 7.45. The van der Waals surface area contributed by atoms with Gasteiger partial charge in [-0.3, -0.25) is 4.68 Å². The van der Waals surface area contributed by atoms with Crippen LogP contribution in [0.25, 0.3) is 0 Å². The minimum absolute atomic E-state index is 0.720. The predicted octanol–water partition coefficient (Wildman–Crippen LogP) is -0.449. The molecule has 0 spiro atoms. The third-order valence-electron chi connectivity index (χ3n) is 1.57. The zero-order valence-corrected chi connectivity index (χ0v) is 7.45. The fourth-order valence-corrected chi connectivity index (χ4v) is 0.855. The molecule has 12 heavy (non-hydrogen) atoms. The van der Waals surface area contributed by atoms with Crippen molar-refractivity contribution in [1.82, 2.24) is 20.1 Å². The highest BCUT2D eigenvalue weighted by Crippen LogP contribution is 1.88. The van der Waals surface area contributed by atoms with Crippen LogP contribution in [0.5, 0.6) is 0 Å². The van der Waals surface area contributed by atoms with Crippen LogP contribution in [-0.4, -0.2) is 35.0 Å². The van der Waals surface area contributed by atoms with E-state index < -0.39 is 0 Å². The minimum Gasteiger partial charge on any atom is -0.383 e. The highest BCUT2D eigenvalue weighted by Gasteiger charge is 1.97. The molecule has 0 aliphatic rings. The molecule has 5 nitrogen and oxygen atoms in total. The van der Waals surface area contributed by atoms with Gasteiger partial charge in [0.1, 0.15) is 12.2 Å². The van der Waals surface area contributed by atoms with Crippen molar-refractivity contribution in [3.63, 3.8) is 0 Å². The lowest BCUT2D eigenvalue weighted by molar-refractivity contribution is 0.199. The van der Waals surface area contributed by atoms with Gasteiger partial charge in [-0.1, -0.05) is 0 Å². The predicted molar refractivity (Wildman–Crippen MR) is 44.6 cm³/mol. The molecule has 0 amide bonds. The van der Waals surface area contributed by atoms with E-state index in [1.54, 1.807) is 18.1 Å². The summed E-state index contributed by atoms with van der Waals surface area (Å²) in [5.74, 6) is 0.936. The fraction of sp³-hybridized carbons (Fsp3) is 0.714. The maximum atomic E-state index is 4.89. The molecule has 0 fully saturated rings. The van der Waals surface area contributed by atoms with Gasteiger partial charge in [0.05, 0.1) is 13.2 Å². The molecule has 1 N–H and O–H groups in total. The Balaban J connectivity index is 2.20. The molecule has 0 aromatic carbocycles. The van der Waals surface area contributed by atoms with Crippen LogP contribution in [0.3, 0.4) is 0 Å². The standard InChI is InChI=1S/C7H14N4O/c1-11-7(9-6-10-11)5-8-3-4-12-2/h6,8H,3-5H2,1-2H3. The van der Waals surface area contributed by atoms with Gasteiger partial charge in [0.25, 0.3) is 0 Å². The van der Waals surface area contributed by atoms with Gasteiger partial charge in [0, 0.05) is 20.7 Å². The summed E-state index contributed by atoms with van der Waals surface area (Å²) >= 11 is 0. The summed E-state index contributed by atoms with van der Waals surface area (Å²) < 4.78 is 6.64. The first-order valence-corrected chi connectivity index (χ1v) is 3.87. The first kappa shape index (κ1) is 9.15. The smallest absolute Gasteiger partial charge is 0.140 e. The number of aryl methyl sites for hydroxylation is 1. The van der Waals surface area contributed by atoms with Gasteiger partial charge in [-0.25, -0.2) is 4.98 Å². The van der Waals surface area contributed by atoms with Gasteiger partial charge in [0.15, 0.2) is 0 Å². The van der Waals surface area contributed by atoms with Crippen LogP contribution >= 0.6 is 0 Å². The Morgan fingerprint density at radius 3 is 3.08 bits per heavy atom. The van der Waals surface area contributed by atoms with Crippen molar-refractivity contribution in [3.05, 3.63) is 12.2 Å². The molecular weight excluding hydrogens is 156 g/mol. The summed E-state index contributed by atoms with van der Waals surface area (Å²) in [5, 5.41) is 7.13. The fourth-order valence-electron chi connectivity index (χ4n) is 0.855. The molecule has 0 aliphatic heterocycles. The Kier molecular flexibility index (Phi) is 3.69. The van der Waals surface area contributed by atoms with E-state index in [2.05, 4.69) is 15.4 Å². The van der Waals surface area contributed by atoms with E-state index in [0.29, 0.717) is 0 Å². The normalized spacial score (nSPS) is 10.5. The largest absolute Gasteiger partial charge is 0.383 e. The highest BCUT2D eigenvalue weighted by atomic mass is 16.5. The molecule has 0 aliphatic carbocycles. The van der Waals surface area contributed by atoms with E-state index >= 15 is 0 Å². The summed E-state index contributed by atoms with van der Waals surface area (Å²) in [4.78, 5) is 4.06. The van der Waals surface area contributed by atoms with Crippen LogP contribution in [-0.2, 0) is 18.3 Å². The molecule has 68 valence electrons. The summed E-state index contributed by atoms with van der Waals surface area (Å²) in [5.41, 5.74) is 0. The van der Waals surface area contributed by atoms with Crippen LogP contribution in [0.1, 0.15) is 5.82 Å². The summed E-state index contributed by atoms with van der Waals surface area (Å²) in [6.07, 6.45) is 1.55. The van der Waals surface area contributed by atoms with E-state index in [-0.39, 0.29) is 0 Å². The number of rotatable bonds is 5. The molecule has 0 atom stereocenters. The summed E-state index contributed by atoms with van der Waals surface area (Å²) in [7, 11) is 3.56. The maximum absolute atomic E-state index is 4.89. The molecule has 0 radical (unpaired) electrons. The average molecular weight is 170 g/mol. The van der Waals surface area contributed by atoms with Gasteiger partial charge in [-0.15, -0.1) is 0 Å². The number of methoxy groups -OCH3 is 1. The number of nitrogens with one attached hydrogen (secondary N) is 1. The molecule has 1 aromatic rings. The Labute approximate surface area is 71.7 Å². The molecule has 1 heterocycles. The second-order valence-electron chi connectivity index (χ2n) is 2.47. The van der Waals surface area contributed by atoms with Crippen LogP contribution in [0.4, 0.5) is 0 Å². The Hall–Kier alpha value is -0.940. The molecule has 0 saturated carbocycles. The third-order valence-corrected chi connectivity index (χ3v) is 1.57. The molecule has 0 saturated heterocycles. The van der Waals surface area contributed by atoms with Gasteiger partial charge < -0.3 is 10.1 Å². The zero-order chi connectivity index (χ0) is 8.81. The van der Waals surface area contributed by atoms with Crippen molar-refractivity contribution in [2.24, 2.45) is 7.05 Å². The van der Waals surface area contributed by atoms with E-state index in [1.807, 2.05) is 7.05 Å². The third kappa shape index (κ3) is 2.60. The maximum Gasteiger partial charge on any atom is 0.140 e. The van der Waals surface area contributed by atoms with Crippen LogP contribution in [0.15, 0.2) is 6.33 Å². The van der Waals surface area contributed by atoms with Crippen molar-refractivity contribution < 1.29 is 4.74 Å². The first-order valence-electron chi connectivity index (χ1n) is 3.87. The summed E-state index contributed by atoms with van der Waals surface area (Å²) in [6.45, 7) is 2.29. The van der Waals surface area contributed by atoms with E-state index in [9.17, 15) is 0 Å². The monoisotopic (exact) mass is 170 g/mol. The second kappa shape index (κ2) is 4.84. The van der Waals surface area contributed by atoms with Crippen LogP contribution in [0.2, 0.25) is 0 Å². The van der Waals surface area contributed by atoms with Crippen LogP contribution < -0.4 is 5.32 Å². The van der Waals surface area contributed by atoms with Crippen molar-refractivity contribution in [1.29, 1.82) is 0 Å². The van der Waals surface area contributed by atoms with E-state index in [0.717, 1.165) is 25.5 Å². The minimum atomic E-state index is 0.720. The second-order valence-corrected chi connectivity index (χ2v) is 2.47. The lowest BCUT2D eigenvalue weighted by atomic mass is 10.5. The van der Waals surface area contributed by atoms with Gasteiger partial charge >= 0.3 is 0 Å². The number of hydrogen-bond donors (Lipinski definition) is 1. The molecule has 1 rings (SSSR count). The molecule has 1 aromatic heterocycles. The topological polar surface area (TPSA) is 52.0 Å². The number of nitrogens with zero attached hydrogens (tertiary/aromatic N) is 3. The Bertz CT molecular complexity index is 223. The van der Waals surface area contributed by atoms with Crippen LogP contribution in [0, 0.1) is 0 Å². The van der Waals surface area contributed by atoms with Gasteiger partial charge in [-0.05, 0) is 0 Å². The molecule has 5 heteroatoms. The Morgan fingerprint density at radius 1 is 1.67 bits per heavy atom. The average Bonchev–Trinajstić information content (AvgIpc) is 2.46. The lowest BCUT2D eigenvalue weighted by Crippen LogP contribution is -2.20. The van der Waals surface area contributed by atoms with E-state index in [4.69, 9.17) is 4.74 Å². The lowest BCUT2D eigenvalue weighted by Gasteiger charge is -2.02. The highest BCUT2D eigenvalue weighted by molar-refractivity contribution is 4.81. The van der Waals surface area contributed by atoms with Gasteiger partial charge in [-0.2, -0.15) is 5.10 Å². The van der Waals surface area contributed by atoms with Crippen molar-refractivity contribution in [2.45, 2.75) is 6.54 Å². The first-order chi connectivity index (χ1) is 5.84. The van der Waals surface area contributed by atoms with Gasteiger partial charge in [0.2, 0.25) is 0 Å².